The molecule has 3 nitrogen and oxygen atoms in total. The molecule has 0 saturated carbocycles. The molecule has 0 aliphatic carbocycles. The van der Waals surface area contributed by atoms with Crippen LogP contribution in [0.15, 0.2) is 18.2 Å². The summed E-state index contributed by atoms with van der Waals surface area (Å²) in [6.07, 6.45) is 2.77. The normalized spacial score (nSPS) is 21.8. The lowest BCUT2D eigenvalue weighted by molar-refractivity contribution is -0.122. The van der Waals surface area contributed by atoms with Gasteiger partial charge in [-0.3, -0.25) is 4.79 Å². The second kappa shape index (κ2) is 6.60. The first-order chi connectivity index (χ1) is 8.57. The van der Waals surface area contributed by atoms with Crippen molar-refractivity contribution < 1.29 is 4.79 Å². The monoisotopic (exact) mass is 302 g/mol. The third-order valence-corrected chi connectivity index (χ3v) is 3.95. The van der Waals surface area contributed by atoms with Crippen molar-refractivity contribution in [1.29, 1.82) is 0 Å². The molecule has 1 saturated heterocycles. The van der Waals surface area contributed by atoms with Crippen LogP contribution in [0.25, 0.3) is 0 Å². The highest BCUT2D eigenvalue weighted by Gasteiger charge is 2.39. The van der Waals surface area contributed by atoms with Gasteiger partial charge in [-0.2, -0.15) is 0 Å². The Morgan fingerprint density at radius 1 is 1.53 bits per heavy atom. The van der Waals surface area contributed by atoms with E-state index in [1.54, 1.807) is 6.07 Å². The number of halogens is 2. The number of anilines is 1. The lowest BCUT2D eigenvalue weighted by atomic mass is 9.93. The van der Waals surface area contributed by atoms with Crippen molar-refractivity contribution >= 4 is 35.6 Å². The van der Waals surface area contributed by atoms with E-state index in [2.05, 4.69) is 10.6 Å². The smallest absolute Gasteiger partial charge is 0.244 e. The van der Waals surface area contributed by atoms with Crippen molar-refractivity contribution in [3.05, 3.63) is 28.8 Å². The molecule has 106 valence electrons. The molecule has 2 rings (SSSR count). The van der Waals surface area contributed by atoms with Crippen molar-refractivity contribution in [2.75, 3.05) is 11.9 Å². The van der Waals surface area contributed by atoms with E-state index in [-0.39, 0.29) is 18.3 Å². The molecular weight excluding hydrogens is 283 g/mol. The Hall–Kier alpha value is -0.770. The summed E-state index contributed by atoms with van der Waals surface area (Å²) in [5, 5.41) is 7.03. The Kier molecular flexibility index (Phi) is 5.65. The van der Waals surface area contributed by atoms with Crippen LogP contribution in [-0.2, 0) is 4.79 Å². The summed E-state index contributed by atoms with van der Waals surface area (Å²) in [5.74, 6) is 0.0629. The summed E-state index contributed by atoms with van der Waals surface area (Å²) in [6.45, 7) is 4.91. The van der Waals surface area contributed by atoms with Gasteiger partial charge in [0.05, 0.1) is 5.54 Å². The van der Waals surface area contributed by atoms with Crippen molar-refractivity contribution in [3.63, 3.8) is 0 Å². The van der Waals surface area contributed by atoms with Crippen molar-refractivity contribution in [2.45, 2.75) is 38.6 Å². The average molecular weight is 303 g/mol. The molecule has 1 aromatic rings. The standard InChI is InChI=1S/C14H19ClN2O.ClH/c1-3-14(7-4-8-16-14)13(18)17-12-6-5-11(15)9-10(12)2;/h5-6,9,16H,3-4,7-8H2,1-2H3,(H,17,18);1H. The molecule has 1 fully saturated rings. The highest BCUT2D eigenvalue weighted by molar-refractivity contribution is 6.30. The Morgan fingerprint density at radius 3 is 2.79 bits per heavy atom. The Bertz CT molecular complexity index is 457. The van der Waals surface area contributed by atoms with E-state index in [9.17, 15) is 4.79 Å². The van der Waals surface area contributed by atoms with Crippen molar-refractivity contribution in [3.8, 4) is 0 Å². The molecule has 1 atom stereocenters. The van der Waals surface area contributed by atoms with Crippen LogP contribution in [0.1, 0.15) is 31.7 Å². The van der Waals surface area contributed by atoms with Gasteiger partial charge in [0.2, 0.25) is 5.91 Å². The molecule has 0 spiro atoms. The summed E-state index contributed by atoms with van der Waals surface area (Å²) >= 11 is 5.91. The van der Waals surface area contributed by atoms with Crippen LogP contribution in [0.3, 0.4) is 0 Å². The maximum Gasteiger partial charge on any atom is 0.244 e. The molecule has 0 aromatic heterocycles. The topological polar surface area (TPSA) is 41.1 Å². The van der Waals surface area contributed by atoms with Gasteiger partial charge >= 0.3 is 0 Å². The van der Waals surface area contributed by atoms with E-state index >= 15 is 0 Å². The van der Waals surface area contributed by atoms with E-state index in [1.165, 1.54) is 0 Å². The minimum Gasteiger partial charge on any atom is -0.324 e. The zero-order chi connectivity index (χ0) is 13.2. The number of carbonyl (C=O) groups excluding carboxylic acids is 1. The number of benzene rings is 1. The summed E-state index contributed by atoms with van der Waals surface area (Å²) in [6, 6.07) is 5.51. The van der Waals surface area contributed by atoms with Gasteiger partial charge < -0.3 is 10.6 Å². The SMILES string of the molecule is CCC1(C(=O)Nc2ccc(Cl)cc2C)CCCN1.Cl. The maximum atomic E-state index is 12.4. The molecule has 0 bridgehead atoms. The summed E-state index contributed by atoms with van der Waals surface area (Å²) < 4.78 is 0. The van der Waals surface area contributed by atoms with Crippen LogP contribution >= 0.6 is 24.0 Å². The molecule has 5 heteroatoms. The summed E-state index contributed by atoms with van der Waals surface area (Å²) in [5.41, 5.74) is 1.43. The number of aryl methyl sites for hydroxylation is 1. The van der Waals surface area contributed by atoms with Crippen molar-refractivity contribution in [2.24, 2.45) is 0 Å². The molecule has 0 radical (unpaired) electrons. The Morgan fingerprint density at radius 2 is 2.26 bits per heavy atom. The largest absolute Gasteiger partial charge is 0.324 e. The predicted molar refractivity (Wildman–Crippen MR) is 82.3 cm³/mol. The third kappa shape index (κ3) is 3.41. The van der Waals surface area contributed by atoms with Gasteiger partial charge in [-0.1, -0.05) is 18.5 Å². The minimum atomic E-state index is -0.397. The fourth-order valence-corrected chi connectivity index (χ4v) is 2.70. The van der Waals surface area contributed by atoms with Crippen LogP contribution in [0.5, 0.6) is 0 Å². The van der Waals surface area contributed by atoms with Crippen LogP contribution in [0.2, 0.25) is 5.02 Å². The average Bonchev–Trinajstić information content (AvgIpc) is 2.82. The number of carbonyl (C=O) groups is 1. The van der Waals surface area contributed by atoms with Gasteiger partial charge in [0.1, 0.15) is 0 Å². The quantitative estimate of drug-likeness (QED) is 0.896. The van der Waals surface area contributed by atoms with Gasteiger partial charge in [-0.15, -0.1) is 12.4 Å². The van der Waals surface area contributed by atoms with Gasteiger partial charge in [-0.05, 0) is 56.5 Å². The fourth-order valence-electron chi connectivity index (χ4n) is 2.47. The lowest BCUT2D eigenvalue weighted by Gasteiger charge is -2.27. The van der Waals surface area contributed by atoms with E-state index < -0.39 is 5.54 Å². The molecule has 19 heavy (non-hydrogen) atoms. The molecule has 1 heterocycles. The summed E-state index contributed by atoms with van der Waals surface area (Å²) in [7, 11) is 0. The number of amides is 1. The predicted octanol–water partition coefficient (Wildman–Crippen LogP) is 3.54. The van der Waals surface area contributed by atoms with Crippen LogP contribution in [0.4, 0.5) is 5.69 Å². The van der Waals surface area contributed by atoms with Crippen molar-refractivity contribution in [1.82, 2.24) is 5.32 Å². The van der Waals surface area contributed by atoms with Crippen LogP contribution < -0.4 is 10.6 Å². The molecule has 1 unspecified atom stereocenters. The Balaban J connectivity index is 0.00000180. The van der Waals surface area contributed by atoms with E-state index in [0.29, 0.717) is 5.02 Å². The van der Waals surface area contributed by atoms with E-state index in [4.69, 9.17) is 11.6 Å². The van der Waals surface area contributed by atoms with Gasteiger partial charge in [-0.25, -0.2) is 0 Å². The van der Waals surface area contributed by atoms with Gasteiger partial charge in [0.25, 0.3) is 0 Å². The van der Waals surface area contributed by atoms with Gasteiger partial charge in [0.15, 0.2) is 0 Å². The molecular formula is C14H20Cl2N2O. The number of nitrogens with one attached hydrogen (secondary N) is 2. The number of hydrogen-bond acceptors (Lipinski definition) is 2. The molecule has 2 N–H and O–H groups in total. The second-order valence-electron chi connectivity index (χ2n) is 4.88. The van der Waals surface area contributed by atoms with Gasteiger partial charge in [0, 0.05) is 10.7 Å². The zero-order valence-electron chi connectivity index (χ0n) is 11.3. The first-order valence-electron chi connectivity index (χ1n) is 6.40. The second-order valence-corrected chi connectivity index (χ2v) is 5.32. The molecule has 1 aromatic carbocycles. The Labute approximate surface area is 125 Å². The minimum absolute atomic E-state index is 0. The summed E-state index contributed by atoms with van der Waals surface area (Å²) in [4.78, 5) is 12.4. The third-order valence-electron chi connectivity index (χ3n) is 3.72. The lowest BCUT2D eigenvalue weighted by Crippen LogP contribution is -2.50. The fraction of sp³-hybridized carbons (Fsp3) is 0.500. The number of hydrogen-bond donors (Lipinski definition) is 2. The first kappa shape index (κ1) is 16.3. The highest BCUT2D eigenvalue weighted by atomic mass is 35.5. The zero-order valence-corrected chi connectivity index (χ0v) is 12.8. The van der Waals surface area contributed by atoms with Crippen LogP contribution in [-0.4, -0.2) is 18.0 Å². The maximum absolute atomic E-state index is 12.4. The first-order valence-corrected chi connectivity index (χ1v) is 6.78. The highest BCUT2D eigenvalue weighted by Crippen LogP contribution is 2.26. The van der Waals surface area contributed by atoms with Crippen LogP contribution in [0, 0.1) is 6.92 Å². The molecule has 1 aliphatic heterocycles. The van der Waals surface area contributed by atoms with E-state index in [1.807, 2.05) is 26.0 Å². The molecule has 1 amide bonds. The number of rotatable bonds is 3. The van der Waals surface area contributed by atoms with E-state index in [0.717, 1.165) is 37.1 Å². The molecule has 1 aliphatic rings.